The first-order valence-electron chi connectivity index (χ1n) is 9.75. The van der Waals surface area contributed by atoms with Gasteiger partial charge in [0.1, 0.15) is 0 Å². The molecule has 1 saturated carbocycles. The Morgan fingerprint density at radius 1 is 1.08 bits per heavy atom. The highest BCUT2D eigenvalue weighted by atomic mass is 15.2. The Bertz CT molecular complexity index is 672. The van der Waals surface area contributed by atoms with Gasteiger partial charge in [0, 0.05) is 17.6 Å². The largest absolute Gasteiger partial charge is 0.313 e. The van der Waals surface area contributed by atoms with Gasteiger partial charge in [-0.3, -0.25) is 4.98 Å². The average Bonchev–Trinajstić information content (AvgIpc) is 2.68. The summed E-state index contributed by atoms with van der Waals surface area (Å²) in [5.41, 5.74) is 4.73. The van der Waals surface area contributed by atoms with Gasteiger partial charge in [-0.25, -0.2) is 0 Å². The quantitative estimate of drug-likeness (QED) is 0.563. The summed E-state index contributed by atoms with van der Waals surface area (Å²) in [6, 6.07) is 12.8. The first-order valence-corrected chi connectivity index (χ1v) is 9.75. The van der Waals surface area contributed by atoms with Crippen molar-refractivity contribution in [1.82, 2.24) is 4.98 Å². The van der Waals surface area contributed by atoms with E-state index in [9.17, 15) is 0 Å². The number of hydrogen-bond donors (Lipinski definition) is 0. The van der Waals surface area contributed by atoms with E-state index in [1.807, 2.05) is 12.4 Å². The van der Waals surface area contributed by atoms with Gasteiger partial charge in [-0.2, -0.15) is 0 Å². The van der Waals surface area contributed by atoms with Crippen LogP contribution in [0.3, 0.4) is 0 Å². The molecular weight excluding hydrogens is 304 g/mol. The predicted molar refractivity (Wildman–Crippen MR) is 107 cm³/mol. The molecule has 1 aliphatic rings. The minimum absolute atomic E-state index is 0.878. The van der Waals surface area contributed by atoms with E-state index in [1.165, 1.54) is 55.5 Å². The van der Waals surface area contributed by atoms with Gasteiger partial charge in [-0.1, -0.05) is 63.8 Å². The first-order chi connectivity index (χ1) is 12.3. The molecule has 0 saturated heterocycles. The summed E-state index contributed by atoms with van der Waals surface area (Å²) in [6.07, 6.45) is 14.2. The van der Waals surface area contributed by atoms with Crippen LogP contribution in [-0.2, 0) is 6.42 Å². The Labute approximate surface area is 152 Å². The number of aryl methyl sites for hydroxylation is 1. The number of anilines is 2. The summed E-state index contributed by atoms with van der Waals surface area (Å²) >= 11 is 0. The number of pyridine rings is 1. The SMILES string of the molecule is C=C(CCC1CCCCC1)N(c1ccccc1)c1cncc(CC)c1. The molecule has 1 aliphatic carbocycles. The predicted octanol–water partition coefficient (Wildman–Crippen LogP) is 6.66. The molecule has 2 heteroatoms. The molecule has 2 nitrogen and oxygen atoms in total. The van der Waals surface area contributed by atoms with Gasteiger partial charge >= 0.3 is 0 Å². The fourth-order valence-electron chi connectivity index (χ4n) is 3.84. The van der Waals surface area contributed by atoms with Crippen molar-refractivity contribution in [3.63, 3.8) is 0 Å². The van der Waals surface area contributed by atoms with Crippen LogP contribution in [0.4, 0.5) is 11.4 Å². The van der Waals surface area contributed by atoms with Crippen LogP contribution in [0.1, 0.15) is 57.4 Å². The van der Waals surface area contributed by atoms with Crippen molar-refractivity contribution >= 4 is 11.4 Å². The highest BCUT2D eigenvalue weighted by Crippen LogP contribution is 2.34. The van der Waals surface area contributed by atoms with E-state index < -0.39 is 0 Å². The summed E-state index contributed by atoms with van der Waals surface area (Å²) < 4.78 is 0. The molecule has 0 atom stereocenters. The monoisotopic (exact) mass is 334 g/mol. The number of aromatic nitrogens is 1. The van der Waals surface area contributed by atoms with Gasteiger partial charge in [0.05, 0.1) is 11.9 Å². The van der Waals surface area contributed by atoms with Crippen molar-refractivity contribution < 1.29 is 0 Å². The molecule has 0 bridgehead atoms. The van der Waals surface area contributed by atoms with Crippen LogP contribution in [-0.4, -0.2) is 4.98 Å². The molecule has 0 unspecified atom stereocenters. The van der Waals surface area contributed by atoms with Crippen LogP contribution in [0.2, 0.25) is 0 Å². The fraction of sp³-hybridized carbons (Fsp3) is 0.435. The van der Waals surface area contributed by atoms with Crippen molar-refractivity contribution in [2.45, 2.75) is 58.3 Å². The standard InChI is InChI=1S/C23H30N2/c1-3-20-16-23(18-24-17-20)25(22-12-8-5-9-13-22)19(2)14-15-21-10-6-4-7-11-21/h5,8-9,12-13,16-18,21H,2-4,6-7,10-11,14-15H2,1H3. The number of allylic oxidation sites excluding steroid dienone is 1. The molecular formula is C23H30N2. The topological polar surface area (TPSA) is 16.1 Å². The number of benzene rings is 1. The minimum Gasteiger partial charge on any atom is -0.313 e. The van der Waals surface area contributed by atoms with Gasteiger partial charge in [-0.05, 0) is 48.9 Å². The molecule has 0 radical (unpaired) electrons. The van der Waals surface area contributed by atoms with E-state index in [-0.39, 0.29) is 0 Å². The van der Waals surface area contributed by atoms with Crippen molar-refractivity contribution in [1.29, 1.82) is 0 Å². The Morgan fingerprint density at radius 3 is 2.56 bits per heavy atom. The molecule has 3 rings (SSSR count). The second-order valence-electron chi connectivity index (χ2n) is 7.18. The van der Waals surface area contributed by atoms with Crippen molar-refractivity contribution in [2.75, 3.05) is 4.90 Å². The number of rotatable bonds is 7. The molecule has 0 aliphatic heterocycles. The average molecular weight is 335 g/mol. The lowest BCUT2D eigenvalue weighted by molar-refractivity contribution is 0.339. The van der Waals surface area contributed by atoms with E-state index in [0.717, 1.165) is 24.4 Å². The van der Waals surface area contributed by atoms with Crippen LogP contribution in [0.15, 0.2) is 61.1 Å². The molecule has 2 aromatic rings. The summed E-state index contributed by atoms with van der Waals surface area (Å²) in [5.74, 6) is 0.878. The Hall–Kier alpha value is -2.09. The fourth-order valence-corrected chi connectivity index (χ4v) is 3.84. The Morgan fingerprint density at radius 2 is 1.84 bits per heavy atom. The first kappa shape index (κ1) is 17.7. The zero-order valence-corrected chi connectivity index (χ0v) is 15.5. The van der Waals surface area contributed by atoms with Gasteiger partial charge in [0.25, 0.3) is 0 Å². The van der Waals surface area contributed by atoms with Crippen LogP contribution in [0, 0.1) is 5.92 Å². The van der Waals surface area contributed by atoms with Crippen molar-refractivity contribution in [3.8, 4) is 0 Å². The highest BCUT2D eigenvalue weighted by Gasteiger charge is 2.17. The zero-order chi connectivity index (χ0) is 17.5. The molecule has 25 heavy (non-hydrogen) atoms. The second kappa shape index (κ2) is 8.84. The minimum atomic E-state index is 0.878. The highest BCUT2D eigenvalue weighted by molar-refractivity contribution is 5.67. The number of para-hydroxylation sites is 1. The maximum absolute atomic E-state index is 4.45. The molecule has 0 N–H and O–H groups in total. The summed E-state index contributed by atoms with van der Waals surface area (Å²) in [5, 5.41) is 0. The van der Waals surface area contributed by atoms with Crippen molar-refractivity contribution in [2.24, 2.45) is 5.92 Å². The summed E-state index contributed by atoms with van der Waals surface area (Å²) in [7, 11) is 0. The number of nitrogens with zero attached hydrogens (tertiary/aromatic N) is 2. The lowest BCUT2D eigenvalue weighted by atomic mass is 9.86. The molecule has 132 valence electrons. The maximum Gasteiger partial charge on any atom is 0.0644 e. The van der Waals surface area contributed by atoms with E-state index in [2.05, 4.69) is 59.8 Å². The van der Waals surface area contributed by atoms with E-state index >= 15 is 0 Å². The smallest absolute Gasteiger partial charge is 0.0644 e. The molecule has 1 heterocycles. The van der Waals surface area contributed by atoms with E-state index in [0.29, 0.717) is 0 Å². The Kier molecular flexibility index (Phi) is 6.27. The third-order valence-corrected chi connectivity index (χ3v) is 5.34. The van der Waals surface area contributed by atoms with Crippen LogP contribution >= 0.6 is 0 Å². The van der Waals surface area contributed by atoms with Gasteiger partial charge in [0.15, 0.2) is 0 Å². The molecule has 1 aromatic heterocycles. The van der Waals surface area contributed by atoms with Gasteiger partial charge < -0.3 is 4.90 Å². The van der Waals surface area contributed by atoms with Gasteiger partial charge in [0.2, 0.25) is 0 Å². The normalized spacial score (nSPS) is 15.1. The maximum atomic E-state index is 4.45. The lowest BCUT2D eigenvalue weighted by Gasteiger charge is -2.29. The summed E-state index contributed by atoms with van der Waals surface area (Å²) in [6.45, 7) is 6.62. The van der Waals surface area contributed by atoms with E-state index in [1.54, 1.807) is 0 Å². The zero-order valence-electron chi connectivity index (χ0n) is 15.5. The van der Waals surface area contributed by atoms with Crippen LogP contribution < -0.4 is 4.90 Å². The third-order valence-electron chi connectivity index (χ3n) is 5.34. The molecule has 0 amide bonds. The Balaban J connectivity index is 1.79. The lowest BCUT2D eigenvalue weighted by Crippen LogP contribution is -2.17. The van der Waals surface area contributed by atoms with Gasteiger partial charge in [-0.15, -0.1) is 0 Å². The van der Waals surface area contributed by atoms with Crippen LogP contribution in [0.5, 0.6) is 0 Å². The summed E-state index contributed by atoms with van der Waals surface area (Å²) in [4.78, 5) is 6.74. The van der Waals surface area contributed by atoms with E-state index in [4.69, 9.17) is 0 Å². The molecule has 1 fully saturated rings. The third kappa shape index (κ3) is 4.72. The molecule has 1 aromatic carbocycles. The van der Waals surface area contributed by atoms with Crippen LogP contribution in [0.25, 0.3) is 0 Å². The number of hydrogen-bond acceptors (Lipinski definition) is 2. The van der Waals surface area contributed by atoms with Crippen molar-refractivity contribution in [3.05, 3.63) is 66.6 Å². The second-order valence-corrected chi connectivity index (χ2v) is 7.18. The molecule has 0 spiro atoms.